The number of guanidine groups is 1. The first-order valence-electron chi connectivity index (χ1n) is 5.40. The van der Waals surface area contributed by atoms with E-state index in [0.717, 1.165) is 23.9 Å². The van der Waals surface area contributed by atoms with Crippen molar-refractivity contribution in [3.8, 4) is 0 Å². The summed E-state index contributed by atoms with van der Waals surface area (Å²) < 4.78 is 37.5. The van der Waals surface area contributed by atoms with E-state index in [4.69, 9.17) is 16.9 Å². The fourth-order valence-corrected chi connectivity index (χ4v) is 2.86. The van der Waals surface area contributed by atoms with Crippen LogP contribution in [0.1, 0.15) is 5.56 Å². The summed E-state index contributed by atoms with van der Waals surface area (Å²) in [5, 5.41) is 7.36. The predicted molar refractivity (Wildman–Crippen MR) is 78.2 cm³/mol. The van der Waals surface area contributed by atoms with Gasteiger partial charge in [0.1, 0.15) is 0 Å². The number of nitrogens with two attached hydrogens (primary N) is 2. The lowest BCUT2D eigenvalue weighted by Crippen LogP contribution is -2.23. The highest BCUT2D eigenvalue weighted by molar-refractivity contribution is 8.14. The summed E-state index contributed by atoms with van der Waals surface area (Å²) in [5.74, 6) is 0.887. The summed E-state index contributed by atoms with van der Waals surface area (Å²) >= 11 is 2.41. The van der Waals surface area contributed by atoms with Gasteiger partial charge < -0.3 is 11.5 Å². The number of rotatable bonds is 4. The Kier molecular flexibility index (Phi) is 6.21. The molecule has 0 saturated carbocycles. The van der Waals surface area contributed by atoms with Crippen LogP contribution in [0.2, 0.25) is 0 Å². The highest BCUT2D eigenvalue weighted by Gasteiger charge is 2.30. The lowest BCUT2D eigenvalue weighted by Gasteiger charge is -2.08. The molecular weight excluding hydrogens is 309 g/mol. The molecule has 9 heteroatoms. The third kappa shape index (κ3) is 6.20. The Labute approximate surface area is 122 Å². The Hall–Kier alpha value is -1.35. The Bertz CT molecular complexity index is 499. The summed E-state index contributed by atoms with van der Waals surface area (Å²) in [6, 6.07) is 5.13. The molecule has 1 aromatic rings. The van der Waals surface area contributed by atoms with Crippen LogP contribution >= 0.6 is 23.5 Å². The van der Waals surface area contributed by atoms with Gasteiger partial charge in [-0.05, 0) is 18.2 Å². The number of amidine groups is 1. The number of aliphatic imine (C=N–C) groups is 1. The van der Waals surface area contributed by atoms with Crippen molar-refractivity contribution < 1.29 is 13.2 Å². The average Bonchev–Trinajstić information content (AvgIpc) is 2.33. The second-order valence-electron chi connectivity index (χ2n) is 3.56. The molecule has 1 rings (SSSR count). The zero-order valence-corrected chi connectivity index (χ0v) is 11.9. The molecular formula is C11H13F3N4S2. The molecule has 110 valence electrons. The number of hydrogen-bond acceptors (Lipinski definition) is 3. The van der Waals surface area contributed by atoms with Gasteiger partial charge in [-0.1, -0.05) is 17.8 Å². The van der Waals surface area contributed by atoms with E-state index in [0.29, 0.717) is 16.4 Å². The Morgan fingerprint density at radius 3 is 2.55 bits per heavy atom. The van der Waals surface area contributed by atoms with Gasteiger partial charge in [0.2, 0.25) is 0 Å². The van der Waals surface area contributed by atoms with Crippen LogP contribution in [-0.2, 0) is 6.18 Å². The van der Waals surface area contributed by atoms with Gasteiger partial charge in [-0.2, -0.15) is 18.2 Å². The number of nitrogens with one attached hydrogen (secondary N) is 1. The summed E-state index contributed by atoms with van der Waals surface area (Å²) in [6.07, 6.45) is -4.33. The largest absolute Gasteiger partial charge is 0.416 e. The molecule has 0 aromatic heterocycles. The summed E-state index contributed by atoms with van der Waals surface area (Å²) in [6.45, 7) is 0. The minimum atomic E-state index is -4.33. The normalized spacial score (nSPS) is 11.2. The van der Waals surface area contributed by atoms with Crippen molar-refractivity contribution in [1.29, 1.82) is 5.41 Å². The van der Waals surface area contributed by atoms with Crippen molar-refractivity contribution in [2.45, 2.75) is 11.1 Å². The molecule has 20 heavy (non-hydrogen) atoms. The van der Waals surface area contributed by atoms with Crippen LogP contribution in [0.3, 0.4) is 0 Å². The monoisotopic (exact) mass is 322 g/mol. The molecule has 0 fully saturated rings. The van der Waals surface area contributed by atoms with Crippen molar-refractivity contribution in [1.82, 2.24) is 0 Å². The quantitative estimate of drug-likeness (QED) is 0.344. The van der Waals surface area contributed by atoms with Crippen LogP contribution in [0.15, 0.2) is 34.2 Å². The first-order valence-corrected chi connectivity index (χ1v) is 7.37. The van der Waals surface area contributed by atoms with E-state index in [2.05, 4.69) is 4.99 Å². The molecule has 4 nitrogen and oxygen atoms in total. The molecule has 1 aromatic carbocycles. The molecule has 0 saturated heterocycles. The number of hydrogen-bond donors (Lipinski definition) is 3. The molecule has 0 atom stereocenters. The molecule has 0 aliphatic heterocycles. The van der Waals surface area contributed by atoms with E-state index in [1.807, 2.05) is 0 Å². The minimum absolute atomic E-state index is 0.0188. The fourth-order valence-electron chi connectivity index (χ4n) is 1.21. The van der Waals surface area contributed by atoms with Gasteiger partial charge in [0.05, 0.1) is 5.56 Å². The van der Waals surface area contributed by atoms with Crippen LogP contribution in [0.25, 0.3) is 0 Å². The van der Waals surface area contributed by atoms with Gasteiger partial charge in [-0.25, -0.2) is 0 Å². The lowest BCUT2D eigenvalue weighted by atomic mass is 10.2. The second kappa shape index (κ2) is 7.44. The predicted octanol–water partition coefficient (Wildman–Crippen LogP) is 2.74. The van der Waals surface area contributed by atoms with Gasteiger partial charge in [-0.15, -0.1) is 11.8 Å². The highest BCUT2D eigenvalue weighted by atomic mass is 32.2. The van der Waals surface area contributed by atoms with Gasteiger partial charge >= 0.3 is 6.18 Å². The highest BCUT2D eigenvalue weighted by Crippen LogP contribution is 2.31. The van der Waals surface area contributed by atoms with E-state index < -0.39 is 11.7 Å². The van der Waals surface area contributed by atoms with E-state index in [1.54, 1.807) is 6.07 Å². The summed E-state index contributed by atoms with van der Waals surface area (Å²) in [7, 11) is 0. The smallest absolute Gasteiger partial charge is 0.370 e. The van der Waals surface area contributed by atoms with E-state index >= 15 is 0 Å². The summed E-state index contributed by atoms with van der Waals surface area (Å²) in [5.41, 5.74) is 9.55. The maximum Gasteiger partial charge on any atom is 0.416 e. The average molecular weight is 322 g/mol. The van der Waals surface area contributed by atoms with Gasteiger partial charge in [0.15, 0.2) is 11.1 Å². The Morgan fingerprint density at radius 1 is 1.25 bits per heavy atom. The molecule has 0 spiro atoms. The molecule has 5 N–H and O–H groups in total. The van der Waals surface area contributed by atoms with E-state index in [9.17, 15) is 13.2 Å². The molecule has 0 aliphatic carbocycles. The SMILES string of the molecule is N=C(N=C(N)N)SCCSc1cccc(C(F)(F)F)c1. The Balaban J connectivity index is 2.43. The van der Waals surface area contributed by atoms with Crippen molar-refractivity contribution in [3.63, 3.8) is 0 Å². The first kappa shape index (κ1) is 16.7. The molecule has 0 heterocycles. The van der Waals surface area contributed by atoms with E-state index in [-0.39, 0.29) is 11.1 Å². The lowest BCUT2D eigenvalue weighted by molar-refractivity contribution is -0.137. The maximum atomic E-state index is 12.5. The van der Waals surface area contributed by atoms with Gasteiger partial charge in [0, 0.05) is 16.4 Å². The topological polar surface area (TPSA) is 88.2 Å². The number of halogens is 3. The molecule has 0 radical (unpaired) electrons. The third-order valence-corrected chi connectivity index (χ3v) is 4.01. The summed E-state index contributed by atoms with van der Waals surface area (Å²) in [4.78, 5) is 4.06. The maximum absolute atomic E-state index is 12.5. The van der Waals surface area contributed by atoms with Crippen molar-refractivity contribution in [2.75, 3.05) is 11.5 Å². The zero-order chi connectivity index (χ0) is 15.2. The minimum Gasteiger partial charge on any atom is -0.370 e. The van der Waals surface area contributed by atoms with Crippen LogP contribution in [-0.4, -0.2) is 22.6 Å². The van der Waals surface area contributed by atoms with Gasteiger partial charge in [0.25, 0.3) is 0 Å². The number of nitrogens with zero attached hydrogens (tertiary/aromatic N) is 1. The standard InChI is InChI=1S/C11H13F3N4S2/c12-11(13,14)7-2-1-3-8(6-7)19-4-5-20-10(17)18-9(15)16/h1-3,6H,4-5H2,(H5,15,16,17,18). The van der Waals surface area contributed by atoms with Crippen molar-refractivity contribution in [3.05, 3.63) is 29.8 Å². The van der Waals surface area contributed by atoms with Gasteiger partial charge in [-0.3, -0.25) is 5.41 Å². The zero-order valence-electron chi connectivity index (χ0n) is 10.3. The molecule has 0 amide bonds. The number of thioether (sulfide) groups is 2. The second-order valence-corrected chi connectivity index (χ2v) is 5.82. The van der Waals surface area contributed by atoms with Crippen molar-refractivity contribution >= 4 is 34.7 Å². The number of alkyl halides is 3. The molecule has 0 bridgehead atoms. The van der Waals surface area contributed by atoms with Crippen LogP contribution in [0, 0.1) is 5.41 Å². The molecule has 0 unspecified atom stereocenters. The molecule has 0 aliphatic rings. The van der Waals surface area contributed by atoms with E-state index in [1.165, 1.54) is 17.8 Å². The third-order valence-electron chi connectivity index (χ3n) is 1.98. The first-order chi connectivity index (χ1) is 9.29. The fraction of sp³-hybridized carbons (Fsp3) is 0.273. The van der Waals surface area contributed by atoms with Crippen LogP contribution in [0.5, 0.6) is 0 Å². The van der Waals surface area contributed by atoms with Crippen LogP contribution < -0.4 is 11.5 Å². The van der Waals surface area contributed by atoms with Crippen LogP contribution in [0.4, 0.5) is 13.2 Å². The Morgan fingerprint density at radius 2 is 1.95 bits per heavy atom. The van der Waals surface area contributed by atoms with Crippen molar-refractivity contribution in [2.24, 2.45) is 16.5 Å². The number of benzene rings is 1.